The lowest BCUT2D eigenvalue weighted by atomic mass is 10.1. The van der Waals surface area contributed by atoms with E-state index in [1.807, 2.05) is 6.92 Å². The van der Waals surface area contributed by atoms with Crippen molar-refractivity contribution in [1.29, 1.82) is 0 Å². The minimum absolute atomic E-state index is 0.132. The zero-order valence-corrected chi connectivity index (χ0v) is 16.4. The molecule has 146 valence electrons. The van der Waals surface area contributed by atoms with Crippen molar-refractivity contribution in [2.24, 2.45) is 0 Å². The van der Waals surface area contributed by atoms with Crippen LogP contribution in [0.25, 0.3) is 0 Å². The highest BCUT2D eigenvalue weighted by Crippen LogP contribution is 2.29. The molecule has 0 bridgehead atoms. The molecule has 2 aromatic rings. The number of nitrogens with zero attached hydrogens (tertiary/aromatic N) is 4. The molecule has 27 heavy (non-hydrogen) atoms. The van der Waals surface area contributed by atoms with Crippen molar-refractivity contribution in [1.82, 2.24) is 19.6 Å². The molecular weight excluding hydrogens is 425 g/mol. The molecule has 0 spiro atoms. The molecule has 2 heterocycles. The Labute approximate surface area is 163 Å². The summed E-state index contributed by atoms with van der Waals surface area (Å²) >= 11 is 3.37. The quantitative estimate of drug-likeness (QED) is 0.722. The van der Waals surface area contributed by atoms with Crippen molar-refractivity contribution in [2.45, 2.75) is 26.2 Å². The van der Waals surface area contributed by atoms with E-state index in [9.17, 15) is 18.0 Å². The molecular formula is C18H20BrF3N4O. The van der Waals surface area contributed by atoms with Crippen molar-refractivity contribution in [2.75, 3.05) is 26.2 Å². The molecule has 1 aromatic heterocycles. The van der Waals surface area contributed by atoms with Crippen molar-refractivity contribution in [3.8, 4) is 0 Å². The SMILES string of the molecule is CCn1cc(Br)c(C(=O)N2CCN(Cc3cccc(C(F)(F)F)c3)CC2)n1. The average Bonchev–Trinajstić information content (AvgIpc) is 3.02. The van der Waals surface area contributed by atoms with Crippen LogP contribution < -0.4 is 0 Å². The normalized spacial score (nSPS) is 16.0. The largest absolute Gasteiger partial charge is 0.416 e. The summed E-state index contributed by atoms with van der Waals surface area (Å²) in [7, 11) is 0. The molecule has 1 aliphatic rings. The zero-order chi connectivity index (χ0) is 19.6. The maximum Gasteiger partial charge on any atom is 0.416 e. The fourth-order valence-electron chi connectivity index (χ4n) is 3.07. The lowest BCUT2D eigenvalue weighted by molar-refractivity contribution is -0.137. The van der Waals surface area contributed by atoms with Gasteiger partial charge in [0.2, 0.25) is 0 Å². The first kappa shape index (κ1) is 19.9. The van der Waals surface area contributed by atoms with Crippen LogP contribution in [0.15, 0.2) is 34.9 Å². The minimum Gasteiger partial charge on any atom is -0.335 e. The fourth-order valence-corrected chi connectivity index (χ4v) is 3.55. The van der Waals surface area contributed by atoms with Crippen LogP contribution in [0.3, 0.4) is 0 Å². The Kier molecular flexibility index (Phi) is 5.90. The lowest BCUT2D eigenvalue weighted by Gasteiger charge is -2.34. The third kappa shape index (κ3) is 4.70. The highest BCUT2D eigenvalue weighted by molar-refractivity contribution is 9.10. The molecule has 0 N–H and O–H groups in total. The highest BCUT2D eigenvalue weighted by atomic mass is 79.9. The van der Waals surface area contributed by atoms with E-state index in [4.69, 9.17) is 0 Å². The summed E-state index contributed by atoms with van der Waals surface area (Å²) in [5.74, 6) is -0.132. The second-order valence-electron chi connectivity index (χ2n) is 6.45. The van der Waals surface area contributed by atoms with Gasteiger partial charge in [0.1, 0.15) is 0 Å². The van der Waals surface area contributed by atoms with Crippen LogP contribution in [0.4, 0.5) is 13.2 Å². The van der Waals surface area contributed by atoms with Crippen LogP contribution in [0.1, 0.15) is 28.5 Å². The third-order valence-corrected chi connectivity index (χ3v) is 5.14. The van der Waals surface area contributed by atoms with Gasteiger partial charge in [0, 0.05) is 45.5 Å². The Hall–Kier alpha value is -1.87. The van der Waals surface area contributed by atoms with E-state index >= 15 is 0 Å². The predicted molar refractivity (Wildman–Crippen MR) is 98.2 cm³/mol. The molecule has 5 nitrogen and oxygen atoms in total. The van der Waals surface area contributed by atoms with Gasteiger partial charge in [-0.1, -0.05) is 18.2 Å². The first-order valence-electron chi connectivity index (χ1n) is 8.68. The summed E-state index contributed by atoms with van der Waals surface area (Å²) in [6, 6.07) is 5.39. The van der Waals surface area contributed by atoms with Crippen LogP contribution >= 0.6 is 15.9 Å². The second kappa shape index (κ2) is 8.02. The van der Waals surface area contributed by atoms with Gasteiger partial charge in [-0.3, -0.25) is 14.4 Å². The van der Waals surface area contributed by atoms with Crippen LogP contribution in [-0.2, 0) is 19.3 Å². The van der Waals surface area contributed by atoms with Gasteiger partial charge in [-0.05, 0) is 34.5 Å². The highest BCUT2D eigenvalue weighted by Gasteiger charge is 2.31. The number of piperazine rings is 1. The number of halogens is 4. The molecule has 0 atom stereocenters. The maximum absolute atomic E-state index is 12.8. The van der Waals surface area contributed by atoms with Crippen molar-refractivity contribution < 1.29 is 18.0 Å². The van der Waals surface area contributed by atoms with Gasteiger partial charge in [-0.25, -0.2) is 0 Å². The molecule has 9 heteroatoms. The van der Waals surface area contributed by atoms with Crippen molar-refractivity contribution in [3.63, 3.8) is 0 Å². The smallest absolute Gasteiger partial charge is 0.335 e. The van der Waals surface area contributed by atoms with E-state index in [-0.39, 0.29) is 5.91 Å². The Bertz CT molecular complexity index is 813. The Morgan fingerprint density at radius 3 is 2.52 bits per heavy atom. The van der Waals surface area contributed by atoms with Gasteiger partial charge in [-0.15, -0.1) is 0 Å². The van der Waals surface area contributed by atoms with Crippen molar-refractivity contribution >= 4 is 21.8 Å². The number of alkyl halides is 3. The van der Waals surface area contributed by atoms with Gasteiger partial charge in [-0.2, -0.15) is 18.3 Å². The summed E-state index contributed by atoms with van der Waals surface area (Å²) in [6.07, 6.45) is -2.56. The van der Waals surface area contributed by atoms with E-state index in [0.29, 0.717) is 55.0 Å². The van der Waals surface area contributed by atoms with Gasteiger partial charge in [0.15, 0.2) is 5.69 Å². The van der Waals surface area contributed by atoms with Crippen molar-refractivity contribution in [3.05, 3.63) is 51.8 Å². The number of hydrogen-bond acceptors (Lipinski definition) is 3. The summed E-state index contributed by atoms with van der Waals surface area (Å²) in [4.78, 5) is 16.4. The Morgan fingerprint density at radius 2 is 1.93 bits per heavy atom. The first-order chi connectivity index (χ1) is 12.8. The third-order valence-electron chi connectivity index (χ3n) is 4.56. The van der Waals surface area contributed by atoms with Crippen LogP contribution in [-0.4, -0.2) is 51.7 Å². The molecule has 3 rings (SSSR count). The zero-order valence-electron chi connectivity index (χ0n) is 14.8. The number of carbonyl (C=O) groups excluding carboxylic acids is 1. The number of amides is 1. The molecule has 0 aliphatic carbocycles. The maximum atomic E-state index is 12.8. The number of aromatic nitrogens is 2. The summed E-state index contributed by atoms with van der Waals surface area (Å²) in [5.41, 5.74) is 0.377. The minimum atomic E-state index is -4.34. The van der Waals surface area contributed by atoms with E-state index < -0.39 is 11.7 Å². The fraction of sp³-hybridized carbons (Fsp3) is 0.444. The van der Waals surface area contributed by atoms with Gasteiger partial charge < -0.3 is 4.90 Å². The Balaban J connectivity index is 1.59. The summed E-state index contributed by atoms with van der Waals surface area (Å²) < 4.78 is 40.9. The average molecular weight is 445 g/mol. The number of benzene rings is 1. The molecule has 1 amide bonds. The molecule has 1 aliphatic heterocycles. The van der Waals surface area contributed by atoms with Gasteiger partial charge in [0.05, 0.1) is 10.0 Å². The summed E-state index contributed by atoms with van der Waals surface area (Å²) in [5, 5.41) is 4.28. The number of carbonyl (C=O) groups is 1. The van der Waals surface area contributed by atoms with Gasteiger partial charge in [0.25, 0.3) is 5.91 Å². The molecule has 1 saturated heterocycles. The summed E-state index contributed by atoms with van der Waals surface area (Å²) in [6.45, 7) is 5.30. The molecule has 0 saturated carbocycles. The predicted octanol–water partition coefficient (Wildman–Crippen LogP) is 3.64. The van der Waals surface area contributed by atoms with Crippen LogP contribution in [0.5, 0.6) is 0 Å². The van der Waals surface area contributed by atoms with Crippen LogP contribution in [0, 0.1) is 0 Å². The number of hydrogen-bond donors (Lipinski definition) is 0. The van der Waals surface area contributed by atoms with E-state index in [1.54, 1.807) is 21.8 Å². The van der Waals surface area contributed by atoms with Crippen LogP contribution in [0.2, 0.25) is 0 Å². The number of aryl methyl sites for hydroxylation is 1. The van der Waals surface area contributed by atoms with E-state index in [2.05, 4.69) is 25.9 Å². The second-order valence-corrected chi connectivity index (χ2v) is 7.30. The van der Waals surface area contributed by atoms with E-state index in [1.165, 1.54) is 12.1 Å². The standard InChI is InChI=1S/C18H20BrF3N4O/c1-2-26-12-15(19)16(23-26)17(27)25-8-6-24(7-9-25)11-13-4-3-5-14(10-13)18(20,21)22/h3-5,10,12H,2,6-9,11H2,1H3. The Morgan fingerprint density at radius 1 is 1.22 bits per heavy atom. The molecule has 0 radical (unpaired) electrons. The lowest BCUT2D eigenvalue weighted by Crippen LogP contribution is -2.48. The molecule has 1 fully saturated rings. The van der Waals surface area contributed by atoms with Gasteiger partial charge >= 0.3 is 6.18 Å². The number of rotatable bonds is 4. The monoisotopic (exact) mass is 444 g/mol. The topological polar surface area (TPSA) is 41.4 Å². The first-order valence-corrected chi connectivity index (χ1v) is 9.48. The van der Waals surface area contributed by atoms with E-state index in [0.717, 1.165) is 6.07 Å². The molecule has 1 aromatic carbocycles. The molecule has 0 unspecified atom stereocenters.